The van der Waals surface area contributed by atoms with E-state index in [4.69, 9.17) is 9.84 Å². The largest absolute Gasteiger partial charge is 0.491 e. The minimum absolute atomic E-state index is 0.00207. The zero-order valence-electron chi connectivity index (χ0n) is 12.2. The molecule has 1 amide bonds. The number of hydrogen-bond acceptors (Lipinski definition) is 3. The fraction of sp³-hybridized carbons (Fsp3) is 0.467. The number of amides is 1. The van der Waals surface area contributed by atoms with E-state index in [1.54, 1.807) is 0 Å². The number of nitrogens with one attached hydrogen (secondary N) is 1. The maximum atomic E-state index is 11.3. The van der Waals surface area contributed by atoms with Crippen LogP contribution in [0.5, 0.6) is 5.75 Å². The summed E-state index contributed by atoms with van der Waals surface area (Å²) >= 11 is 0. The Morgan fingerprint density at radius 2 is 1.90 bits per heavy atom. The maximum Gasteiger partial charge on any atom is 0.303 e. The van der Waals surface area contributed by atoms with Crippen molar-refractivity contribution in [3.05, 3.63) is 28.8 Å². The lowest BCUT2D eigenvalue weighted by Gasteiger charge is -2.12. The molecule has 0 bridgehead atoms. The Hall–Kier alpha value is -2.04. The lowest BCUT2D eigenvalue weighted by molar-refractivity contribution is -0.138. The van der Waals surface area contributed by atoms with Gasteiger partial charge in [0.2, 0.25) is 5.91 Å². The third-order valence-electron chi connectivity index (χ3n) is 3.01. The Morgan fingerprint density at radius 3 is 2.55 bits per heavy atom. The number of ether oxygens (including phenoxy) is 1. The average Bonchev–Trinajstić information content (AvgIpc) is 2.37. The summed E-state index contributed by atoms with van der Waals surface area (Å²) < 4.78 is 5.64. The Bertz CT molecular complexity index is 497. The van der Waals surface area contributed by atoms with Crippen molar-refractivity contribution in [2.24, 2.45) is 0 Å². The third kappa shape index (κ3) is 5.30. The molecule has 0 fully saturated rings. The van der Waals surface area contributed by atoms with Gasteiger partial charge in [-0.3, -0.25) is 9.59 Å². The molecule has 1 aromatic rings. The molecule has 0 saturated carbocycles. The van der Waals surface area contributed by atoms with E-state index < -0.39 is 5.97 Å². The van der Waals surface area contributed by atoms with Crippen LogP contribution < -0.4 is 10.1 Å². The van der Waals surface area contributed by atoms with Crippen LogP contribution in [0.3, 0.4) is 0 Å². The molecule has 2 N–H and O–H groups in total. The summed E-state index contributed by atoms with van der Waals surface area (Å²) in [6.45, 7) is 6.76. The first-order valence-electron chi connectivity index (χ1n) is 6.59. The molecule has 5 nitrogen and oxygen atoms in total. The van der Waals surface area contributed by atoms with Gasteiger partial charge in [0.1, 0.15) is 12.4 Å². The number of carbonyl (C=O) groups excluding carboxylic acids is 1. The molecule has 0 atom stereocenters. The topological polar surface area (TPSA) is 75.6 Å². The fourth-order valence-corrected chi connectivity index (χ4v) is 1.81. The van der Waals surface area contributed by atoms with E-state index in [9.17, 15) is 9.59 Å². The number of carboxylic acid groups (broad SMARTS) is 1. The van der Waals surface area contributed by atoms with Gasteiger partial charge in [-0.25, -0.2) is 0 Å². The van der Waals surface area contributed by atoms with Gasteiger partial charge < -0.3 is 15.2 Å². The molecule has 0 saturated heterocycles. The SMILES string of the molecule is Cc1cc(C)c(C)c(OCCNC(=O)CCC(=O)O)c1. The number of carbonyl (C=O) groups is 2. The van der Waals surface area contributed by atoms with Crippen LogP contribution in [0.15, 0.2) is 12.1 Å². The summed E-state index contributed by atoms with van der Waals surface area (Å²) in [7, 11) is 0. The number of aliphatic carboxylic acids is 1. The second-order valence-electron chi connectivity index (χ2n) is 4.80. The summed E-state index contributed by atoms with van der Waals surface area (Å²) in [4.78, 5) is 21.6. The Morgan fingerprint density at radius 1 is 1.20 bits per heavy atom. The summed E-state index contributed by atoms with van der Waals surface area (Å²) in [5.41, 5.74) is 3.40. The van der Waals surface area contributed by atoms with Crippen LogP contribution in [0.4, 0.5) is 0 Å². The number of hydrogen-bond donors (Lipinski definition) is 2. The lowest BCUT2D eigenvalue weighted by Crippen LogP contribution is -2.28. The summed E-state index contributed by atoms with van der Waals surface area (Å²) in [6.07, 6.45) is -0.152. The molecule has 1 aromatic carbocycles. The minimum atomic E-state index is -0.970. The van der Waals surface area contributed by atoms with Crippen molar-refractivity contribution in [3.63, 3.8) is 0 Å². The highest BCUT2D eigenvalue weighted by atomic mass is 16.5. The quantitative estimate of drug-likeness (QED) is 0.748. The number of benzene rings is 1. The van der Waals surface area contributed by atoms with Gasteiger partial charge in [0.25, 0.3) is 0 Å². The molecule has 20 heavy (non-hydrogen) atoms. The zero-order valence-corrected chi connectivity index (χ0v) is 12.2. The van der Waals surface area contributed by atoms with E-state index in [2.05, 4.69) is 11.4 Å². The van der Waals surface area contributed by atoms with Crippen molar-refractivity contribution in [1.29, 1.82) is 0 Å². The van der Waals surface area contributed by atoms with Crippen LogP contribution in [0.1, 0.15) is 29.5 Å². The van der Waals surface area contributed by atoms with Crippen LogP contribution >= 0.6 is 0 Å². The van der Waals surface area contributed by atoms with Gasteiger partial charge in [0.05, 0.1) is 13.0 Å². The van der Waals surface area contributed by atoms with Gasteiger partial charge in [-0.15, -0.1) is 0 Å². The van der Waals surface area contributed by atoms with Gasteiger partial charge >= 0.3 is 5.97 Å². The van der Waals surface area contributed by atoms with E-state index in [0.717, 1.165) is 16.9 Å². The first-order chi connectivity index (χ1) is 9.40. The number of rotatable bonds is 7. The van der Waals surface area contributed by atoms with Crippen LogP contribution in [0.25, 0.3) is 0 Å². The van der Waals surface area contributed by atoms with Crippen LogP contribution in [0, 0.1) is 20.8 Å². The second kappa shape index (κ2) is 7.53. The highest BCUT2D eigenvalue weighted by Crippen LogP contribution is 2.22. The van der Waals surface area contributed by atoms with E-state index in [0.29, 0.717) is 13.2 Å². The molecule has 0 aliphatic rings. The molecule has 0 aliphatic carbocycles. The molecule has 0 heterocycles. The fourth-order valence-electron chi connectivity index (χ4n) is 1.81. The molecule has 0 aromatic heterocycles. The minimum Gasteiger partial charge on any atom is -0.491 e. The second-order valence-corrected chi connectivity index (χ2v) is 4.80. The standard InChI is InChI=1S/C15H21NO4/c1-10-8-11(2)12(3)13(9-10)20-7-6-16-14(17)4-5-15(18)19/h8-9H,4-7H2,1-3H3,(H,16,17)(H,18,19). The predicted octanol–water partition coefficient (Wildman–Crippen LogP) is 1.97. The van der Waals surface area contributed by atoms with E-state index in [1.165, 1.54) is 5.56 Å². The van der Waals surface area contributed by atoms with E-state index >= 15 is 0 Å². The zero-order chi connectivity index (χ0) is 15.1. The monoisotopic (exact) mass is 279 g/mol. The van der Waals surface area contributed by atoms with Gasteiger partial charge in [-0.05, 0) is 43.5 Å². The Balaban J connectivity index is 2.35. The van der Waals surface area contributed by atoms with Gasteiger partial charge in [-0.1, -0.05) is 6.07 Å². The van der Waals surface area contributed by atoms with Crippen LogP contribution in [-0.2, 0) is 9.59 Å². The van der Waals surface area contributed by atoms with Gasteiger partial charge in [0, 0.05) is 6.42 Å². The molecule has 1 rings (SSSR count). The Kier molecular flexibility index (Phi) is 6.03. The Labute approximate surface area is 118 Å². The van der Waals surface area contributed by atoms with Crippen molar-refractivity contribution >= 4 is 11.9 Å². The van der Waals surface area contributed by atoms with Crippen molar-refractivity contribution in [1.82, 2.24) is 5.32 Å². The molecular weight excluding hydrogens is 258 g/mol. The third-order valence-corrected chi connectivity index (χ3v) is 3.01. The molecule has 0 aliphatic heterocycles. The first-order valence-corrected chi connectivity index (χ1v) is 6.59. The highest BCUT2D eigenvalue weighted by Gasteiger charge is 2.06. The van der Waals surface area contributed by atoms with Crippen molar-refractivity contribution in [3.8, 4) is 5.75 Å². The number of aryl methyl sites for hydroxylation is 2. The molecule has 0 radical (unpaired) electrons. The van der Waals surface area contributed by atoms with E-state index in [-0.39, 0.29) is 18.7 Å². The predicted molar refractivity (Wildman–Crippen MR) is 76.0 cm³/mol. The maximum absolute atomic E-state index is 11.3. The van der Waals surface area contributed by atoms with Crippen LogP contribution in [0.2, 0.25) is 0 Å². The van der Waals surface area contributed by atoms with E-state index in [1.807, 2.05) is 26.8 Å². The first kappa shape index (κ1) is 16.0. The molecular formula is C15H21NO4. The van der Waals surface area contributed by atoms with Crippen LogP contribution in [-0.4, -0.2) is 30.1 Å². The average molecular weight is 279 g/mol. The lowest BCUT2D eigenvalue weighted by atomic mass is 10.1. The van der Waals surface area contributed by atoms with Crippen molar-refractivity contribution < 1.29 is 19.4 Å². The van der Waals surface area contributed by atoms with Gasteiger partial charge in [-0.2, -0.15) is 0 Å². The molecule has 0 spiro atoms. The van der Waals surface area contributed by atoms with Gasteiger partial charge in [0.15, 0.2) is 0 Å². The highest BCUT2D eigenvalue weighted by molar-refractivity contribution is 5.80. The number of carboxylic acids is 1. The normalized spacial score (nSPS) is 10.2. The summed E-state index contributed by atoms with van der Waals surface area (Å²) in [5, 5.41) is 11.1. The molecule has 110 valence electrons. The summed E-state index contributed by atoms with van der Waals surface area (Å²) in [6, 6.07) is 4.06. The smallest absolute Gasteiger partial charge is 0.303 e. The van der Waals surface area contributed by atoms with Crippen molar-refractivity contribution in [2.75, 3.05) is 13.2 Å². The molecule has 0 unspecified atom stereocenters. The molecule has 5 heteroatoms. The van der Waals surface area contributed by atoms with Crippen molar-refractivity contribution in [2.45, 2.75) is 33.6 Å². The summed E-state index contributed by atoms with van der Waals surface area (Å²) in [5.74, 6) is -0.419.